The van der Waals surface area contributed by atoms with Gasteiger partial charge in [0, 0.05) is 5.56 Å². The number of allylic oxidation sites excluding steroid dienone is 1. The number of carbonyl (C=O) groups is 1. The molecule has 0 fully saturated rings. The van der Waals surface area contributed by atoms with Crippen LogP contribution in [0.5, 0.6) is 0 Å². The molecule has 0 saturated carbocycles. The number of furan rings is 1. The summed E-state index contributed by atoms with van der Waals surface area (Å²) in [5.74, 6) is 0.123. The van der Waals surface area contributed by atoms with E-state index < -0.39 is 0 Å². The minimum absolute atomic E-state index is 0.176. The third kappa shape index (κ3) is 2.69. The first-order valence-electron chi connectivity index (χ1n) is 5.19. The molecular formula is C14H11FO2. The third-order valence-corrected chi connectivity index (χ3v) is 2.38. The molecule has 3 heteroatoms. The molecule has 0 saturated heterocycles. The zero-order valence-electron chi connectivity index (χ0n) is 9.31. The van der Waals surface area contributed by atoms with Crippen molar-refractivity contribution in [2.24, 2.45) is 0 Å². The molecule has 0 bridgehead atoms. The maximum Gasteiger partial charge on any atom is 0.185 e. The number of carbonyl (C=O) groups excluding carboxylic acids is 1. The van der Waals surface area contributed by atoms with E-state index in [1.807, 2.05) is 0 Å². The van der Waals surface area contributed by atoms with Crippen molar-refractivity contribution < 1.29 is 13.6 Å². The highest BCUT2D eigenvalue weighted by Gasteiger charge is 2.04. The van der Waals surface area contributed by atoms with Crippen molar-refractivity contribution in [3.8, 4) is 0 Å². The molecule has 2 rings (SSSR count). The first kappa shape index (κ1) is 11.3. The summed E-state index contributed by atoms with van der Waals surface area (Å²) in [5.41, 5.74) is 0.925. The second-order valence-electron chi connectivity index (χ2n) is 3.68. The highest BCUT2D eigenvalue weighted by atomic mass is 19.1. The average Bonchev–Trinajstić information content (AvgIpc) is 2.82. The van der Waals surface area contributed by atoms with Gasteiger partial charge < -0.3 is 4.42 Å². The minimum Gasteiger partial charge on any atom is -0.465 e. The van der Waals surface area contributed by atoms with Gasteiger partial charge >= 0.3 is 0 Å². The van der Waals surface area contributed by atoms with E-state index in [9.17, 15) is 9.18 Å². The zero-order chi connectivity index (χ0) is 12.3. The van der Waals surface area contributed by atoms with E-state index in [0.29, 0.717) is 16.9 Å². The molecule has 17 heavy (non-hydrogen) atoms. The first-order chi connectivity index (χ1) is 8.16. The quantitative estimate of drug-likeness (QED) is 0.595. The Morgan fingerprint density at radius 2 is 2.18 bits per heavy atom. The lowest BCUT2D eigenvalue weighted by molar-refractivity contribution is 0.104. The van der Waals surface area contributed by atoms with Gasteiger partial charge in [-0.3, -0.25) is 4.79 Å². The van der Waals surface area contributed by atoms with Crippen LogP contribution in [-0.2, 0) is 0 Å². The van der Waals surface area contributed by atoms with Crippen LogP contribution in [0.25, 0.3) is 6.08 Å². The van der Waals surface area contributed by atoms with Gasteiger partial charge in [0.2, 0.25) is 0 Å². The highest BCUT2D eigenvalue weighted by Crippen LogP contribution is 2.11. The lowest BCUT2D eigenvalue weighted by Crippen LogP contribution is -1.95. The van der Waals surface area contributed by atoms with Crippen LogP contribution in [0.3, 0.4) is 0 Å². The van der Waals surface area contributed by atoms with Gasteiger partial charge in [0.05, 0.1) is 6.26 Å². The van der Waals surface area contributed by atoms with E-state index in [2.05, 4.69) is 0 Å². The number of ketones is 1. The SMILES string of the molecule is Cc1cc(C(=O)/C=C/c2ccco2)ccc1F. The Labute approximate surface area is 98.4 Å². The van der Waals surface area contributed by atoms with E-state index in [0.717, 1.165) is 0 Å². The van der Waals surface area contributed by atoms with Crippen LogP contribution in [0, 0.1) is 12.7 Å². The predicted molar refractivity (Wildman–Crippen MR) is 63.2 cm³/mol. The summed E-state index contributed by atoms with van der Waals surface area (Å²) < 4.78 is 18.1. The summed E-state index contributed by atoms with van der Waals surface area (Å²) in [4.78, 5) is 11.8. The molecule has 0 aliphatic rings. The summed E-state index contributed by atoms with van der Waals surface area (Å²) in [6.45, 7) is 1.63. The van der Waals surface area contributed by atoms with E-state index in [1.165, 1.54) is 30.5 Å². The number of benzene rings is 1. The topological polar surface area (TPSA) is 30.2 Å². The minimum atomic E-state index is -0.309. The Hall–Kier alpha value is -2.16. The molecule has 0 atom stereocenters. The second kappa shape index (κ2) is 4.78. The number of halogens is 1. The molecule has 0 unspecified atom stereocenters. The number of rotatable bonds is 3. The first-order valence-corrected chi connectivity index (χ1v) is 5.19. The van der Waals surface area contributed by atoms with Gasteiger partial charge in [-0.15, -0.1) is 0 Å². The molecule has 1 aromatic carbocycles. The van der Waals surface area contributed by atoms with Crippen molar-refractivity contribution in [2.75, 3.05) is 0 Å². The molecule has 0 aliphatic heterocycles. The average molecular weight is 230 g/mol. The van der Waals surface area contributed by atoms with E-state index in [4.69, 9.17) is 4.42 Å². The monoisotopic (exact) mass is 230 g/mol. The van der Waals surface area contributed by atoms with Crippen LogP contribution in [0.2, 0.25) is 0 Å². The second-order valence-corrected chi connectivity index (χ2v) is 3.68. The van der Waals surface area contributed by atoms with Gasteiger partial charge in [-0.25, -0.2) is 4.39 Å². The van der Waals surface area contributed by atoms with Crippen LogP contribution in [0.15, 0.2) is 47.1 Å². The lowest BCUT2D eigenvalue weighted by atomic mass is 10.1. The largest absolute Gasteiger partial charge is 0.465 e. The Bertz CT molecular complexity index is 554. The van der Waals surface area contributed by atoms with Crippen molar-refractivity contribution in [3.05, 3.63) is 65.4 Å². The Morgan fingerprint density at radius 3 is 2.82 bits per heavy atom. The van der Waals surface area contributed by atoms with Crippen molar-refractivity contribution in [3.63, 3.8) is 0 Å². The third-order valence-electron chi connectivity index (χ3n) is 2.38. The molecule has 86 valence electrons. The molecule has 1 aromatic heterocycles. The molecule has 0 spiro atoms. The van der Waals surface area contributed by atoms with Crippen molar-refractivity contribution >= 4 is 11.9 Å². The summed E-state index contributed by atoms with van der Waals surface area (Å²) in [6.07, 6.45) is 4.53. The van der Waals surface area contributed by atoms with Gasteiger partial charge in [0.15, 0.2) is 5.78 Å². The zero-order valence-corrected chi connectivity index (χ0v) is 9.31. The standard InChI is InChI=1S/C14H11FO2/c1-10-9-11(4-6-13(10)15)14(16)7-5-12-3-2-8-17-12/h2-9H,1H3/b7-5+. The lowest BCUT2D eigenvalue weighted by Gasteiger charge is -1.99. The van der Waals surface area contributed by atoms with Crippen molar-refractivity contribution in [1.29, 1.82) is 0 Å². The fourth-order valence-electron chi connectivity index (χ4n) is 1.44. The van der Waals surface area contributed by atoms with Crippen molar-refractivity contribution in [1.82, 2.24) is 0 Å². The summed E-state index contributed by atoms with van der Waals surface area (Å²) in [5, 5.41) is 0. The predicted octanol–water partition coefficient (Wildman–Crippen LogP) is 3.62. The Balaban J connectivity index is 2.17. The van der Waals surface area contributed by atoms with E-state index in [1.54, 1.807) is 25.1 Å². The molecular weight excluding hydrogens is 219 g/mol. The highest BCUT2D eigenvalue weighted by molar-refractivity contribution is 6.06. The number of aryl methyl sites for hydroxylation is 1. The molecule has 1 heterocycles. The van der Waals surface area contributed by atoms with Gasteiger partial charge in [0.25, 0.3) is 0 Å². The Morgan fingerprint density at radius 1 is 1.35 bits per heavy atom. The fourth-order valence-corrected chi connectivity index (χ4v) is 1.44. The van der Waals surface area contributed by atoms with Crippen LogP contribution in [0.1, 0.15) is 21.7 Å². The van der Waals surface area contributed by atoms with Gasteiger partial charge in [-0.05, 0) is 55.0 Å². The van der Waals surface area contributed by atoms with E-state index in [-0.39, 0.29) is 11.6 Å². The fraction of sp³-hybridized carbons (Fsp3) is 0.0714. The van der Waals surface area contributed by atoms with Crippen LogP contribution < -0.4 is 0 Å². The number of hydrogen-bond acceptors (Lipinski definition) is 2. The van der Waals surface area contributed by atoms with Gasteiger partial charge in [0.1, 0.15) is 11.6 Å². The number of hydrogen-bond donors (Lipinski definition) is 0. The van der Waals surface area contributed by atoms with E-state index >= 15 is 0 Å². The van der Waals surface area contributed by atoms with Crippen LogP contribution in [0.4, 0.5) is 4.39 Å². The summed E-state index contributed by atoms with van der Waals surface area (Å²) in [7, 11) is 0. The van der Waals surface area contributed by atoms with Gasteiger partial charge in [-0.1, -0.05) is 0 Å². The normalized spacial score (nSPS) is 10.9. The molecule has 0 radical (unpaired) electrons. The molecule has 2 aromatic rings. The molecule has 2 nitrogen and oxygen atoms in total. The van der Waals surface area contributed by atoms with Crippen LogP contribution in [-0.4, -0.2) is 5.78 Å². The maximum atomic E-state index is 13.0. The van der Waals surface area contributed by atoms with Crippen LogP contribution >= 0.6 is 0 Å². The summed E-state index contributed by atoms with van der Waals surface area (Å²) >= 11 is 0. The molecule has 0 N–H and O–H groups in total. The Kier molecular flexibility index (Phi) is 3.19. The van der Waals surface area contributed by atoms with Gasteiger partial charge in [-0.2, -0.15) is 0 Å². The van der Waals surface area contributed by atoms with Crippen molar-refractivity contribution in [2.45, 2.75) is 6.92 Å². The summed E-state index contributed by atoms with van der Waals surface area (Å²) in [6, 6.07) is 7.79. The molecule has 0 amide bonds. The smallest absolute Gasteiger partial charge is 0.185 e. The maximum absolute atomic E-state index is 13.0. The molecule has 0 aliphatic carbocycles.